The standard InChI is InChI=1S/C19H20BrN3O3S/c1-26-17-7-6-14(20)12-18(17)27(24,25)23-10-8-13(9-11-23)19-21-15-4-2-3-5-16(15)22-19/h2-7,12-13H,8-11H2,1H3,(H,21,22). The van der Waals surface area contributed by atoms with Crippen molar-refractivity contribution < 1.29 is 13.2 Å². The number of aromatic amines is 1. The lowest BCUT2D eigenvalue weighted by Gasteiger charge is -2.30. The topological polar surface area (TPSA) is 75.3 Å². The summed E-state index contributed by atoms with van der Waals surface area (Å²) in [6.45, 7) is 0.916. The molecule has 3 aromatic rings. The van der Waals surface area contributed by atoms with Gasteiger partial charge in [0.1, 0.15) is 16.5 Å². The Balaban J connectivity index is 1.54. The molecule has 0 radical (unpaired) electrons. The van der Waals surface area contributed by atoms with Crippen LogP contribution in [0.2, 0.25) is 0 Å². The molecule has 1 fully saturated rings. The predicted molar refractivity (Wildman–Crippen MR) is 108 cm³/mol. The number of nitrogens with one attached hydrogen (secondary N) is 1. The van der Waals surface area contributed by atoms with E-state index in [2.05, 4.69) is 25.9 Å². The molecule has 1 aliphatic heterocycles. The Bertz CT molecular complexity index is 1040. The van der Waals surface area contributed by atoms with E-state index in [9.17, 15) is 8.42 Å². The first-order valence-electron chi connectivity index (χ1n) is 8.77. The van der Waals surface area contributed by atoms with Crippen LogP contribution in [-0.2, 0) is 10.0 Å². The molecule has 1 aliphatic rings. The SMILES string of the molecule is COc1ccc(Br)cc1S(=O)(=O)N1CCC(c2nc3ccccc3[nH]2)CC1. The third-order valence-corrected chi connectivity index (χ3v) is 7.40. The van der Waals surface area contributed by atoms with Gasteiger partial charge in [0.2, 0.25) is 10.0 Å². The highest BCUT2D eigenvalue weighted by Crippen LogP contribution is 2.34. The number of nitrogens with zero attached hydrogens (tertiary/aromatic N) is 2. The summed E-state index contributed by atoms with van der Waals surface area (Å²) in [7, 11) is -2.13. The van der Waals surface area contributed by atoms with Gasteiger partial charge in [-0.3, -0.25) is 0 Å². The molecule has 8 heteroatoms. The van der Waals surface area contributed by atoms with E-state index in [0.29, 0.717) is 23.3 Å². The fourth-order valence-electron chi connectivity index (χ4n) is 3.53. The summed E-state index contributed by atoms with van der Waals surface area (Å²) in [6.07, 6.45) is 1.46. The van der Waals surface area contributed by atoms with Crippen molar-refractivity contribution in [3.05, 3.63) is 52.8 Å². The molecule has 0 amide bonds. The highest BCUT2D eigenvalue weighted by Gasteiger charge is 2.33. The average Bonchev–Trinajstić information content (AvgIpc) is 3.12. The summed E-state index contributed by atoms with van der Waals surface area (Å²) in [5.41, 5.74) is 1.96. The summed E-state index contributed by atoms with van der Waals surface area (Å²) >= 11 is 3.35. The molecule has 142 valence electrons. The zero-order valence-electron chi connectivity index (χ0n) is 14.9. The van der Waals surface area contributed by atoms with Gasteiger partial charge in [-0.15, -0.1) is 0 Å². The molecule has 1 N–H and O–H groups in total. The highest BCUT2D eigenvalue weighted by molar-refractivity contribution is 9.10. The van der Waals surface area contributed by atoms with Gasteiger partial charge in [0.05, 0.1) is 18.1 Å². The van der Waals surface area contributed by atoms with E-state index >= 15 is 0 Å². The Morgan fingerprint density at radius 3 is 2.63 bits per heavy atom. The van der Waals surface area contributed by atoms with Gasteiger partial charge in [-0.05, 0) is 43.2 Å². The zero-order chi connectivity index (χ0) is 19.0. The number of para-hydroxylation sites is 2. The second-order valence-electron chi connectivity index (χ2n) is 6.61. The minimum Gasteiger partial charge on any atom is -0.495 e. The van der Waals surface area contributed by atoms with E-state index in [1.54, 1.807) is 18.2 Å². The molecule has 2 heterocycles. The molecule has 0 saturated carbocycles. The number of halogens is 1. The van der Waals surface area contributed by atoms with Gasteiger partial charge in [0.25, 0.3) is 0 Å². The third kappa shape index (κ3) is 3.49. The maximum atomic E-state index is 13.1. The van der Waals surface area contributed by atoms with Crippen LogP contribution < -0.4 is 4.74 Å². The Morgan fingerprint density at radius 1 is 1.19 bits per heavy atom. The molecule has 0 atom stereocenters. The van der Waals surface area contributed by atoms with Crippen LogP contribution in [0.1, 0.15) is 24.6 Å². The maximum absolute atomic E-state index is 13.1. The molecule has 1 saturated heterocycles. The molecule has 0 unspecified atom stereocenters. The van der Waals surface area contributed by atoms with Crippen LogP contribution in [0.15, 0.2) is 51.8 Å². The molecule has 0 aliphatic carbocycles. The van der Waals surface area contributed by atoms with E-state index in [1.807, 2.05) is 24.3 Å². The minimum absolute atomic E-state index is 0.196. The second-order valence-corrected chi connectivity index (χ2v) is 9.43. The summed E-state index contributed by atoms with van der Waals surface area (Å²) in [6, 6.07) is 13.0. The molecule has 0 bridgehead atoms. The van der Waals surface area contributed by atoms with E-state index in [4.69, 9.17) is 4.74 Å². The number of ether oxygens (including phenoxy) is 1. The first kappa shape index (κ1) is 18.5. The van der Waals surface area contributed by atoms with Crippen molar-refractivity contribution in [3.63, 3.8) is 0 Å². The number of hydrogen-bond donors (Lipinski definition) is 1. The molecule has 2 aromatic carbocycles. The highest BCUT2D eigenvalue weighted by atomic mass is 79.9. The van der Waals surface area contributed by atoms with E-state index in [-0.39, 0.29) is 10.8 Å². The lowest BCUT2D eigenvalue weighted by Crippen LogP contribution is -2.38. The molecule has 0 spiro atoms. The van der Waals surface area contributed by atoms with Gasteiger partial charge in [-0.2, -0.15) is 4.31 Å². The number of rotatable bonds is 4. The fraction of sp³-hybridized carbons (Fsp3) is 0.316. The van der Waals surface area contributed by atoms with Crippen LogP contribution >= 0.6 is 15.9 Å². The van der Waals surface area contributed by atoms with Crippen LogP contribution in [0.4, 0.5) is 0 Å². The van der Waals surface area contributed by atoms with Crippen molar-refractivity contribution in [2.45, 2.75) is 23.7 Å². The Hall–Kier alpha value is -1.90. The number of hydrogen-bond acceptors (Lipinski definition) is 4. The lowest BCUT2D eigenvalue weighted by atomic mass is 9.97. The van der Waals surface area contributed by atoms with Gasteiger partial charge in [-0.1, -0.05) is 28.1 Å². The fourth-order valence-corrected chi connectivity index (χ4v) is 5.69. The summed E-state index contributed by atoms with van der Waals surface area (Å²) in [4.78, 5) is 8.24. The van der Waals surface area contributed by atoms with Gasteiger partial charge < -0.3 is 9.72 Å². The number of imidazole rings is 1. The maximum Gasteiger partial charge on any atom is 0.246 e. The number of methoxy groups -OCH3 is 1. The summed E-state index contributed by atoms with van der Waals surface area (Å²) in [5.74, 6) is 1.53. The van der Waals surface area contributed by atoms with E-state index < -0.39 is 10.0 Å². The molecule has 1 aromatic heterocycles. The zero-order valence-corrected chi connectivity index (χ0v) is 17.3. The van der Waals surface area contributed by atoms with Crippen molar-refractivity contribution in [2.24, 2.45) is 0 Å². The van der Waals surface area contributed by atoms with Crippen molar-refractivity contribution in [2.75, 3.05) is 20.2 Å². The van der Waals surface area contributed by atoms with E-state index in [1.165, 1.54) is 11.4 Å². The molecule has 4 rings (SSSR count). The van der Waals surface area contributed by atoms with Crippen molar-refractivity contribution in [3.8, 4) is 5.75 Å². The smallest absolute Gasteiger partial charge is 0.246 e. The molecular weight excluding hydrogens is 430 g/mol. The minimum atomic E-state index is -3.61. The first-order valence-corrected chi connectivity index (χ1v) is 11.0. The van der Waals surface area contributed by atoms with Crippen LogP contribution in [0.3, 0.4) is 0 Å². The summed E-state index contributed by atoms with van der Waals surface area (Å²) < 4.78 is 33.7. The predicted octanol–water partition coefficient (Wildman–Crippen LogP) is 3.90. The second kappa shape index (κ2) is 7.26. The normalized spacial score (nSPS) is 16.7. The lowest BCUT2D eigenvalue weighted by molar-refractivity contribution is 0.312. The van der Waals surface area contributed by atoms with Crippen molar-refractivity contribution in [1.29, 1.82) is 0 Å². The number of sulfonamides is 1. The summed E-state index contributed by atoms with van der Waals surface area (Å²) in [5, 5.41) is 0. The van der Waals surface area contributed by atoms with Crippen molar-refractivity contribution >= 4 is 37.0 Å². The Labute approximate surface area is 166 Å². The van der Waals surface area contributed by atoms with Crippen LogP contribution in [0, 0.1) is 0 Å². The Kier molecular flexibility index (Phi) is 4.96. The number of benzene rings is 2. The van der Waals surface area contributed by atoms with Gasteiger partial charge in [0, 0.05) is 23.5 Å². The Morgan fingerprint density at radius 2 is 1.93 bits per heavy atom. The quantitative estimate of drug-likeness (QED) is 0.654. The van der Waals surface area contributed by atoms with Crippen molar-refractivity contribution in [1.82, 2.24) is 14.3 Å². The largest absolute Gasteiger partial charge is 0.495 e. The van der Waals surface area contributed by atoms with Gasteiger partial charge in [0.15, 0.2) is 0 Å². The number of piperidine rings is 1. The van der Waals surface area contributed by atoms with Crippen LogP contribution in [0.25, 0.3) is 11.0 Å². The van der Waals surface area contributed by atoms with E-state index in [0.717, 1.165) is 29.7 Å². The monoisotopic (exact) mass is 449 g/mol. The average molecular weight is 450 g/mol. The molecule has 27 heavy (non-hydrogen) atoms. The first-order chi connectivity index (χ1) is 13.0. The van der Waals surface area contributed by atoms with Gasteiger partial charge >= 0.3 is 0 Å². The third-order valence-electron chi connectivity index (χ3n) is 4.99. The molecule has 6 nitrogen and oxygen atoms in total. The van der Waals surface area contributed by atoms with Crippen LogP contribution in [-0.4, -0.2) is 42.9 Å². The molecular formula is C19H20BrN3O3S. The van der Waals surface area contributed by atoms with Crippen LogP contribution in [0.5, 0.6) is 5.75 Å². The number of fused-ring (bicyclic) bond motifs is 1. The van der Waals surface area contributed by atoms with Gasteiger partial charge in [-0.25, -0.2) is 13.4 Å². The number of aromatic nitrogens is 2. The number of H-pyrrole nitrogens is 1.